The Balaban J connectivity index is 1.85. The van der Waals surface area contributed by atoms with Crippen molar-refractivity contribution in [1.82, 2.24) is 0 Å². The van der Waals surface area contributed by atoms with Gasteiger partial charge in [-0.2, -0.15) is 5.26 Å². The molecule has 26 heavy (non-hydrogen) atoms. The van der Waals surface area contributed by atoms with Crippen molar-refractivity contribution in [2.24, 2.45) is 5.73 Å². The van der Waals surface area contributed by atoms with Crippen molar-refractivity contribution in [2.45, 2.75) is 19.3 Å². The number of primary amides is 1. The Kier molecular flexibility index (Phi) is 5.05. The Morgan fingerprint density at radius 3 is 2.65 bits per heavy atom. The van der Waals surface area contributed by atoms with Crippen LogP contribution in [0.2, 0.25) is 0 Å². The van der Waals surface area contributed by atoms with Crippen LogP contribution in [0.3, 0.4) is 0 Å². The molecular weight excluding hydrogens is 350 g/mol. The monoisotopic (exact) mass is 367 g/mol. The molecule has 1 aromatic carbocycles. The quantitative estimate of drug-likeness (QED) is 0.626. The van der Waals surface area contributed by atoms with Crippen LogP contribution in [0.5, 0.6) is 5.75 Å². The number of fused-ring (bicyclic) bond motifs is 1. The summed E-state index contributed by atoms with van der Waals surface area (Å²) in [7, 11) is 1.56. The van der Waals surface area contributed by atoms with E-state index in [1.807, 2.05) is 6.07 Å². The first-order valence-corrected chi connectivity index (χ1v) is 8.86. The highest BCUT2D eigenvalue weighted by molar-refractivity contribution is 7.17. The van der Waals surface area contributed by atoms with Crippen LogP contribution in [0, 0.1) is 11.3 Å². The number of benzene rings is 1. The van der Waals surface area contributed by atoms with Gasteiger partial charge >= 0.3 is 0 Å². The number of methoxy groups -OCH3 is 1. The molecule has 3 rings (SSSR count). The molecular formula is C19H17N3O3S. The summed E-state index contributed by atoms with van der Waals surface area (Å²) in [5, 5.41) is 12.4. The molecule has 0 fully saturated rings. The number of nitriles is 1. The van der Waals surface area contributed by atoms with Crippen LogP contribution < -0.4 is 15.8 Å². The Bertz CT molecular complexity index is 936. The second-order valence-corrected chi connectivity index (χ2v) is 6.93. The van der Waals surface area contributed by atoms with Gasteiger partial charge in [0.2, 0.25) is 0 Å². The molecule has 1 aromatic heterocycles. The van der Waals surface area contributed by atoms with Crippen molar-refractivity contribution in [3.63, 3.8) is 0 Å². The topological polar surface area (TPSA) is 105 Å². The van der Waals surface area contributed by atoms with Gasteiger partial charge in [0, 0.05) is 4.88 Å². The number of aryl methyl sites for hydroxylation is 1. The van der Waals surface area contributed by atoms with Crippen LogP contribution in [0.4, 0.5) is 5.00 Å². The first-order chi connectivity index (χ1) is 12.5. The van der Waals surface area contributed by atoms with Crippen molar-refractivity contribution in [1.29, 1.82) is 5.26 Å². The number of rotatable bonds is 5. The molecule has 6 nitrogen and oxygen atoms in total. The summed E-state index contributed by atoms with van der Waals surface area (Å²) < 4.78 is 5.08. The second kappa shape index (κ2) is 7.42. The molecule has 0 spiro atoms. The van der Waals surface area contributed by atoms with E-state index in [4.69, 9.17) is 10.5 Å². The number of hydrogen-bond acceptors (Lipinski definition) is 5. The van der Waals surface area contributed by atoms with Gasteiger partial charge in [0.25, 0.3) is 11.8 Å². The third-order valence-corrected chi connectivity index (χ3v) is 5.39. The molecule has 0 aliphatic heterocycles. The molecule has 0 atom stereocenters. The largest absolute Gasteiger partial charge is 0.497 e. The Labute approximate surface area is 154 Å². The van der Waals surface area contributed by atoms with E-state index in [9.17, 15) is 14.9 Å². The summed E-state index contributed by atoms with van der Waals surface area (Å²) in [4.78, 5) is 25.4. The highest BCUT2D eigenvalue weighted by Gasteiger charge is 2.26. The first kappa shape index (κ1) is 17.7. The lowest BCUT2D eigenvalue weighted by molar-refractivity contribution is -0.112. The van der Waals surface area contributed by atoms with E-state index >= 15 is 0 Å². The summed E-state index contributed by atoms with van der Waals surface area (Å²) in [6, 6.07) is 8.89. The lowest BCUT2D eigenvalue weighted by atomic mass is 10.1. The summed E-state index contributed by atoms with van der Waals surface area (Å²) in [5.74, 6) is -0.438. The highest BCUT2D eigenvalue weighted by Crippen LogP contribution is 2.39. The van der Waals surface area contributed by atoms with Gasteiger partial charge < -0.3 is 15.8 Å². The zero-order chi connectivity index (χ0) is 18.7. The minimum atomic E-state index is -0.564. The van der Waals surface area contributed by atoms with Gasteiger partial charge in [0.15, 0.2) is 0 Å². The molecule has 132 valence electrons. The van der Waals surface area contributed by atoms with E-state index in [0.717, 1.165) is 29.7 Å². The predicted octanol–water partition coefficient (Wildman–Crippen LogP) is 2.89. The fraction of sp³-hybridized carbons (Fsp3) is 0.211. The lowest BCUT2D eigenvalue weighted by Crippen LogP contribution is -2.18. The fourth-order valence-corrected chi connectivity index (χ4v) is 4.23. The molecule has 7 heteroatoms. The molecule has 1 aliphatic rings. The van der Waals surface area contributed by atoms with Gasteiger partial charge in [0.1, 0.15) is 22.4 Å². The Morgan fingerprint density at radius 1 is 1.31 bits per heavy atom. The molecule has 0 saturated carbocycles. The van der Waals surface area contributed by atoms with E-state index in [1.54, 1.807) is 31.4 Å². The summed E-state index contributed by atoms with van der Waals surface area (Å²) in [6.45, 7) is 0. The van der Waals surface area contributed by atoms with Gasteiger partial charge in [0.05, 0.1) is 12.7 Å². The molecule has 3 N–H and O–H groups in total. The number of hydrogen-bond donors (Lipinski definition) is 2. The maximum absolute atomic E-state index is 12.5. The third-order valence-electron chi connectivity index (χ3n) is 4.19. The van der Waals surface area contributed by atoms with E-state index in [-0.39, 0.29) is 5.57 Å². The molecule has 1 aliphatic carbocycles. The van der Waals surface area contributed by atoms with Gasteiger partial charge in [-0.1, -0.05) is 12.1 Å². The summed E-state index contributed by atoms with van der Waals surface area (Å²) in [6.07, 6.45) is 4.13. The number of carbonyl (C=O) groups excluding carboxylic acids is 2. The number of ether oxygens (including phenoxy) is 1. The van der Waals surface area contributed by atoms with Crippen molar-refractivity contribution >= 4 is 34.2 Å². The van der Waals surface area contributed by atoms with E-state index in [0.29, 0.717) is 21.9 Å². The number of amides is 2. The number of carbonyl (C=O) groups is 2. The fourth-order valence-electron chi connectivity index (χ4n) is 2.94. The zero-order valence-corrected chi connectivity index (χ0v) is 15.0. The zero-order valence-electron chi connectivity index (χ0n) is 14.2. The molecule has 2 amide bonds. The SMILES string of the molecule is COc1ccc(/C=C(\C#N)C(=O)Nc2sc3c(c2C(N)=O)CCC3)cc1. The Morgan fingerprint density at radius 2 is 2.04 bits per heavy atom. The van der Waals surface area contributed by atoms with E-state index in [1.165, 1.54) is 17.4 Å². The number of nitrogens with one attached hydrogen (secondary N) is 1. The van der Waals surface area contributed by atoms with Crippen molar-refractivity contribution in [2.75, 3.05) is 12.4 Å². The van der Waals surface area contributed by atoms with E-state index < -0.39 is 11.8 Å². The lowest BCUT2D eigenvalue weighted by Gasteiger charge is -2.05. The predicted molar refractivity (Wildman–Crippen MR) is 100 cm³/mol. The molecule has 2 aromatic rings. The van der Waals surface area contributed by atoms with Crippen LogP contribution in [-0.2, 0) is 17.6 Å². The van der Waals surface area contributed by atoms with Crippen molar-refractivity contribution in [3.8, 4) is 11.8 Å². The van der Waals surface area contributed by atoms with Crippen LogP contribution >= 0.6 is 11.3 Å². The van der Waals surface area contributed by atoms with Crippen molar-refractivity contribution < 1.29 is 14.3 Å². The second-order valence-electron chi connectivity index (χ2n) is 5.82. The molecule has 0 unspecified atom stereocenters. The highest BCUT2D eigenvalue weighted by atomic mass is 32.1. The van der Waals surface area contributed by atoms with Gasteiger partial charge in [-0.25, -0.2) is 0 Å². The minimum absolute atomic E-state index is 0.0563. The average molecular weight is 367 g/mol. The van der Waals surface area contributed by atoms with Crippen LogP contribution in [-0.4, -0.2) is 18.9 Å². The standard InChI is InChI=1S/C19H17N3O3S/c1-25-13-7-5-11(6-8-13)9-12(10-20)18(24)22-19-16(17(21)23)14-3-2-4-15(14)26-19/h5-9H,2-4H2,1H3,(H2,21,23)(H,22,24)/b12-9+. The first-order valence-electron chi connectivity index (χ1n) is 8.05. The molecule has 0 bridgehead atoms. The summed E-state index contributed by atoms with van der Waals surface area (Å²) >= 11 is 1.36. The minimum Gasteiger partial charge on any atom is -0.497 e. The van der Waals surface area contributed by atoms with Gasteiger partial charge in [-0.3, -0.25) is 9.59 Å². The van der Waals surface area contributed by atoms with Gasteiger partial charge in [-0.05, 0) is 48.6 Å². The maximum Gasteiger partial charge on any atom is 0.266 e. The third kappa shape index (κ3) is 3.46. The molecule has 0 saturated heterocycles. The number of anilines is 1. The summed E-state index contributed by atoms with van der Waals surface area (Å²) in [5.41, 5.74) is 7.43. The Hall–Kier alpha value is -3.11. The van der Waals surface area contributed by atoms with Crippen LogP contribution in [0.25, 0.3) is 6.08 Å². The smallest absolute Gasteiger partial charge is 0.266 e. The van der Waals surface area contributed by atoms with Crippen LogP contribution in [0.1, 0.15) is 32.8 Å². The number of thiophene rings is 1. The normalized spacial score (nSPS) is 13.0. The van der Waals surface area contributed by atoms with Gasteiger partial charge in [-0.15, -0.1) is 11.3 Å². The maximum atomic E-state index is 12.5. The number of nitrogens with zero attached hydrogens (tertiary/aromatic N) is 1. The van der Waals surface area contributed by atoms with Crippen LogP contribution in [0.15, 0.2) is 29.8 Å². The van der Waals surface area contributed by atoms with Crippen molar-refractivity contribution in [3.05, 3.63) is 51.4 Å². The number of nitrogens with two attached hydrogens (primary N) is 1. The average Bonchev–Trinajstić information content (AvgIpc) is 3.20. The molecule has 1 heterocycles. The molecule has 0 radical (unpaired) electrons. The van der Waals surface area contributed by atoms with E-state index in [2.05, 4.69) is 5.32 Å².